The van der Waals surface area contributed by atoms with Crippen molar-refractivity contribution < 1.29 is 95.9 Å². The van der Waals surface area contributed by atoms with Crippen LogP contribution in [0.1, 0.15) is 5.56 Å². The molecule has 10 unspecified atom stereocenters. The topological polar surface area (TPSA) is 359 Å². The average Bonchev–Trinajstić information content (AvgIpc) is 2.93. The standard InChI is InChI=1S/C22H27NO22S3/c1-7-4-12(24)41-10-5-8(2-3-9(7)10)40-22-16(27)15(26)18(19(44-22)20(28)29)43-21-13(23-46(30,31)32)17(45-48(36,37)38)14(25)11(42-21)6-39-47(33,34)35/h2-5,11,13-19,21-23,25-27H,6H2,1H3,(H,28,29)(H,30,31,32)(H,33,34,35)(H,36,37,38). The number of aryl methyl sites for hydroxylation is 1. The second-order valence-electron chi connectivity index (χ2n) is 10.2. The summed E-state index contributed by atoms with van der Waals surface area (Å²) in [5.74, 6) is -2.06. The Bertz CT molecular complexity index is 1900. The molecule has 0 amide bonds. The van der Waals surface area contributed by atoms with Crippen LogP contribution >= 0.6 is 0 Å². The fraction of sp³-hybridized carbons (Fsp3) is 0.545. The highest BCUT2D eigenvalue weighted by Gasteiger charge is 2.55. The smallest absolute Gasteiger partial charge is 0.397 e. The molecule has 0 saturated carbocycles. The third-order valence-electron chi connectivity index (χ3n) is 6.83. The maximum Gasteiger partial charge on any atom is 0.397 e. The fourth-order valence-electron chi connectivity index (χ4n) is 4.83. The van der Waals surface area contributed by atoms with E-state index in [1.165, 1.54) is 29.0 Å². The Labute approximate surface area is 269 Å². The average molecular weight is 754 g/mol. The maximum atomic E-state index is 12.2. The lowest BCUT2D eigenvalue weighted by molar-refractivity contribution is -0.329. The van der Waals surface area contributed by atoms with Gasteiger partial charge in [-0.15, -0.1) is 0 Å². The molecule has 10 atom stereocenters. The Morgan fingerprint density at radius 2 is 1.56 bits per heavy atom. The van der Waals surface area contributed by atoms with E-state index in [0.29, 0.717) is 10.9 Å². The van der Waals surface area contributed by atoms with Gasteiger partial charge in [-0.05, 0) is 24.6 Å². The van der Waals surface area contributed by atoms with Gasteiger partial charge in [-0.25, -0.2) is 18.0 Å². The van der Waals surface area contributed by atoms with Crippen molar-refractivity contribution in [3.63, 3.8) is 0 Å². The zero-order valence-corrected chi connectivity index (χ0v) is 26.2. The monoisotopic (exact) mass is 753 g/mol. The highest BCUT2D eigenvalue weighted by Crippen LogP contribution is 2.33. The van der Waals surface area contributed by atoms with E-state index in [2.05, 4.69) is 8.37 Å². The molecule has 48 heavy (non-hydrogen) atoms. The van der Waals surface area contributed by atoms with Crippen molar-refractivity contribution in [3.05, 3.63) is 40.2 Å². The summed E-state index contributed by atoms with van der Waals surface area (Å²) in [5, 5.41) is 42.7. The summed E-state index contributed by atoms with van der Waals surface area (Å²) in [6, 6.07) is 2.73. The number of rotatable bonds is 12. The van der Waals surface area contributed by atoms with Crippen LogP contribution in [-0.4, -0.2) is 133 Å². The van der Waals surface area contributed by atoms with Crippen LogP contribution in [0, 0.1) is 6.92 Å². The number of carboxylic acids is 1. The summed E-state index contributed by atoms with van der Waals surface area (Å²) in [5.41, 5.74) is -0.136. The van der Waals surface area contributed by atoms with Gasteiger partial charge in [0.05, 0.1) is 6.61 Å². The highest BCUT2D eigenvalue weighted by molar-refractivity contribution is 7.83. The third kappa shape index (κ3) is 9.40. The van der Waals surface area contributed by atoms with Gasteiger partial charge in [-0.3, -0.25) is 13.7 Å². The number of fused-ring (bicyclic) bond motifs is 1. The van der Waals surface area contributed by atoms with Gasteiger partial charge in [-0.1, -0.05) is 0 Å². The molecular formula is C22H27NO22S3. The molecule has 2 aliphatic heterocycles. The van der Waals surface area contributed by atoms with Crippen LogP contribution < -0.4 is 15.1 Å². The zero-order valence-electron chi connectivity index (χ0n) is 23.8. The molecule has 0 aliphatic carbocycles. The minimum absolute atomic E-state index is 0.0301. The Kier molecular flexibility index (Phi) is 11.1. The number of benzene rings is 1. The Hall–Kier alpha value is -2.93. The van der Waals surface area contributed by atoms with Crippen LogP contribution in [0.4, 0.5) is 0 Å². The number of aliphatic carboxylic acids is 1. The predicted molar refractivity (Wildman–Crippen MR) is 148 cm³/mol. The van der Waals surface area contributed by atoms with Gasteiger partial charge >= 0.3 is 42.7 Å². The first kappa shape index (κ1) is 37.9. The quantitative estimate of drug-likeness (QED) is 0.0762. The minimum Gasteiger partial charge on any atom is -0.479 e. The minimum atomic E-state index is -5.61. The molecule has 2 fully saturated rings. The lowest BCUT2D eigenvalue weighted by Gasteiger charge is -2.46. The van der Waals surface area contributed by atoms with Crippen molar-refractivity contribution in [2.75, 3.05) is 6.61 Å². The molecule has 0 bridgehead atoms. The van der Waals surface area contributed by atoms with Gasteiger partial charge in [0.25, 0.3) is 0 Å². The van der Waals surface area contributed by atoms with Crippen LogP contribution in [0.5, 0.6) is 5.75 Å². The normalized spacial score (nSPS) is 31.8. The van der Waals surface area contributed by atoms with Crippen molar-refractivity contribution in [2.45, 2.75) is 68.3 Å². The third-order valence-corrected chi connectivity index (χ3v) is 8.30. The molecule has 26 heteroatoms. The molecule has 0 radical (unpaired) electrons. The summed E-state index contributed by atoms with van der Waals surface area (Å²) < 4.78 is 132. The lowest BCUT2D eigenvalue weighted by Crippen LogP contribution is -2.69. The van der Waals surface area contributed by atoms with Crippen molar-refractivity contribution in [1.29, 1.82) is 0 Å². The molecule has 1 aromatic carbocycles. The lowest BCUT2D eigenvalue weighted by atomic mass is 9.96. The van der Waals surface area contributed by atoms with E-state index in [1.807, 2.05) is 0 Å². The second kappa shape index (κ2) is 14.1. The number of carboxylic acid groups (broad SMARTS) is 1. The zero-order chi connectivity index (χ0) is 35.9. The molecule has 2 aliphatic rings. The van der Waals surface area contributed by atoms with E-state index in [4.69, 9.17) is 27.9 Å². The van der Waals surface area contributed by atoms with E-state index < -0.39 is 111 Å². The number of hydrogen-bond donors (Lipinski definition) is 8. The summed E-state index contributed by atoms with van der Waals surface area (Å²) in [7, 11) is -16.3. The van der Waals surface area contributed by atoms with Gasteiger partial charge in [0.2, 0.25) is 6.29 Å². The van der Waals surface area contributed by atoms with Gasteiger partial charge in [0.1, 0.15) is 54.0 Å². The molecular weight excluding hydrogens is 726 g/mol. The number of carbonyl (C=O) groups is 1. The Balaban J connectivity index is 1.66. The van der Waals surface area contributed by atoms with Crippen molar-refractivity contribution in [1.82, 2.24) is 4.72 Å². The fourth-order valence-corrected chi connectivity index (χ4v) is 6.24. The van der Waals surface area contributed by atoms with E-state index in [1.54, 1.807) is 6.92 Å². The molecule has 2 aromatic rings. The van der Waals surface area contributed by atoms with Crippen molar-refractivity contribution >= 4 is 48.0 Å². The number of ether oxygens (including phenoxy) is 4. The van der Waals surface area contributed by atoms with Crippen LogP contribution in [0.15, 0.2) is 33.5 Å². The van der Waals surface area contributed by atoms with E-state index in [-0.39, 0.29) is 11.3 Å². The maximum absolute atomic E-state index is 12.2. The number of aliphatic hydroxyl groups excluding tert-OH is 3. The molecule has 4 rings (SSSR count). The second-order valence-corrected chi connectivity index (χ2v) is 13.5. The molecule has 2 saturated heterocycles. The Morgan fingerprint density at radius 3 is 2.15 bits per heavy atom. The molecule has 3 heterocycles. The molecule has 1 aromatic heterocycles. The van der Waals surface area contributed by atoms with Crippen LogP contribution in [-0.2, 0) is 58.5 Å². The van der Waals surface area contributed by atoms with Crippen molar-refractivity contribution in [2.24, 2.45) is 0 Å². The summed E-state index contributed by atoms with van der Waals surface area (Å²) in [6.07, 6.45) is -20.9. The number of nitrogens with one attached hydrogen (secondary N) is 1. The number of hydrogen-bond acceptors (Lipinski definition) is 18. The first-order chi connectivity index (χ1) is 22.0. The first-order valence-electron chi connectivity index (χ1n) is 13.0. The van der Waals surface area contributed by atoms with Gasteiger partial charge in [-0.2, -0.15) is 30.0 Å². The molecule has 0 spiro atoms. The van der Waals surface area contributed by atoms with E-state index in [0.717, 1.165) is 0 Å². The first-order valence-corrected chi connectivity index (χ1v) is 17.2. The molecule has 270 valence electrons. The molecule has 23 nitrogen and oxygen atoms in total. The highest BCUT2D eigenvalue weighted by atomic mass is 32.3. The number of aliphatic hydroxyl groups is 3. The van der Waals surface area contributed by atoms with Crippen LogP contribution in [0.3, 0.4) is 0 Å². The van der Waals surface area contributed by atoms with E-state index >= 15 is 0 Å². The Morgan fingerprint density at radius 1 is 0.896 bits per heavy atom. The van der Waals surface area contributed by atoms with Crippen LogP contribution in [0.2, 0.25) is 0 Å². The molecule has 8 N–H and O–H groups in total. The van der Waals surface area contributed by atoms with Gasteiger partial charge < -0.3 is 43.8 Å². The SMILES string of the molecule is Cc1cc(=O)oc2cc(OC3OC(C(=O)O)C(OC4OC(COS(=O)(=O)O)C(O)C(OS(=O)(=O)O)C4NS(=O)(=O)O)C(O)C3O)ccc12. The van der Waals surface area contributed by atoms with Crippen molar-refractivity contribution in [3.8, 4) is 5.75 Å². The summed E-state index contributed by atoms with van der Waals surface area (Å²) in [4.78, 5) is 24.0. The van der Waals surface area contributed by atoms with Gasteiger partial charge in [0, 0.05) is 17.5 Å². The van der Waals surface area contributed by atoms with Crippen LogP contribution in [0.25, 0.3) is 11.0 Å². The summed E-state index contributed by atoms with van der Waals surface area (Å²) >= 11 is 0. The predicted octanol–water partition coefficient (Wildman–Crippen LogP) is -3.75. The van der Waals surface area contributed by atoms with E-state index in [9.17, 15) is 64.4 Å². The van der Waals surface area contributed by atoms with Gasteiger partial charge in [0.15, 0.2) is 12.4 Å². The largest absolute Gasteiger partial charge is 0.479 e. The summed E-state index contributed by atoms with van der Waals surface area (Å²) in [6.45, 7) is 0.245.